The smallest absolute Gasteiger partial charge is 0.122 e. The van der Waals surface area contributed by atoms with Gasteiger partial charge in [-0.25, -0.2) is 9.50 Å². The topological polar surface area (TPSA) is 30.2 Å². The van der Waals surface area contributed by atoms with E-state index in [0.717, 1.165) is 37.0 Å². The molecule has 0 aliphatic rings. The number of rotatable bonds is 4. The van der Waals surface area contributed by atoms with Gasteiger partial charge in [-0.05, 0) is 35.9 Å². The highest BCUT2D eigenvalue weighted by Crippen LogP contribution is 2.29. The minimum Gasteiger partial charge on any atom is -0.246 e. The van der Waals surface area contributed by atoms with E-state index in [0.29, 0.717) is 0 Å². The van der Waals surface area contributed by atoms with Gasteiger partial charge < -0.3 is 0 Å². The predicted octanol–water partition coefficient (Wildman–Crippen LogP) is 6.10. The third kappa shape index (κ3) is 3.73. The minimum atomic E-state index is 0.722. The maximum absolute atomic E-state index is 5.97. The van der Waals surface area contributed by atoms with Gasteiger partial charge in [0.2, 0.25) is 0 Å². The fourth-order valence-corrected chi connectivity index (χ4v) is 4.04. The number of nitrogens with zero attached hydrogens (tertiary/aromatic N) is 3. The molecule has 0 unspecified atom stereocenters. The summed E-state index contributed by atoms with van der Waals surface area (Å²) in [5.41, 5.74) is 4.21. The van der Waals surface area contributed by atoms with Crippen molar-refractivity contribution in [3.05, 3.63) is 82.0 Å². The molecule has 0 radical (unpaired) electrons. The van der Waals surface area contributed by atoms with Crippen LogP contribution in [0.4, 0.5) is 0 Å². The third-order valence-electron chi connectivity index (χ3n) is 3.76. The Morgan fingerprint density at radius 1 is 1.08 bits per heavy atom. The number of hydrogen-bond acceptors (Lipinski definition) is 3. The summed E-state index contributed by atoms with van der Waals surface area (Å²) in [6, 6.07) is 18.1. The Kier molecular flexibility index (Phi) is 4.79. The molecule has 25 heavy (non-hydrogen) atoms. The number of thioether (sulfide) groups is 1. The highest BCUT2D eigenvalue weighted by atomic mass is 79.9. The summed E-state index contributed by atoms with van der Waals surface area (Å²) in [7, 11) is 0. The van der Waals surface area contributed by atoms with Crippen LogP contribution in [0.2, 0.25) is 5.02 Å². The predicted molar refractivity (Wildman–Crippen MR) is 107 cm³/mol. The summed E-state index contributed by atoms with van der Waals surface area (Å²) in [6.45, 7) is 0. The highest BCUT2D eigenvalue weighted by Gasteiger charge is 2.10. The SMILES string of the molecule is Clc1ccc(-c2cc3c(SCc4cccc(Br)c4)nccn3n2)cc1. The van der Waals surface area contributed by atoms with Gasteiger partial charge in [-0.15, -0.1) is 0 Å². The first-order valence-corrected chi connectivity index (χ1v) is 9.82. The van der Waals surface area contributed by atoms with Crippen LogP contribution < -0.4 is 0 Å². The third-order valence-corrected chi connectivity index (χ3v) is 5.57. The van der Waals surface area contributed by atoms with Gasteiger partial charge in [0.05, 0.1) is 11.2 Å². The van der Waals surface area contributed by atoms with Crippen LogP contribution in [-0.2, 0) is 5.75 Å². The Hall–Kier alpha value is -1.82. The summed E-state index contributed by atoms with van der Waals surface area (Å²) >= 11 is 11.2. The van der Waals surface area contributed by atoms with Crippen molar-refractivity contribution in [1.82, 2.24) is 14.6 Å². The lowest BCUT2D eigenvalue weighted by molar-refractivity contribution is 0.920. The van der Waals surface area contributed by atoms with Crippen LogP contribution in [0.25, 0.3) is 16.8 Å². The first-order valence-electron chi connectivity index (χ1n) is 7.66. The molecule has 0 aliphatic carbocycles. The summed E-state index contributed by atoms with van der Waals surface area (Å²) in [4.78, 5) is 4.53. The molecule has 0 saturated carbocycles. The van der Waals surface area contributed by atoms with Gasteiger partial charge in [0, 0.05) is 33.2 Å². The van der Waals surface area contributed by atoms with Crippen LogP contribution in [0.5, 0.6) is 0 Å². The highest BCUT2D eigenvalue weighted by molar-refractivity contribution is 9.10. The Labute approximate surface area is 163 Å². The number of halogens is 2. The van der Waals surface area contributed by atoms with Crippen LogP contribution >= 0.6 is 39.3 Å². The molecule has 2 aromatic heterocycles. The van der Waals surface area contributed by atoms with E-state index in [2.05, 4.69) is 44.2 Å². The van der Waals surface area contributed by atoms with Crippen molar-refractivity contribution in [1.29, 1.82) is 0 Å². The number of hydrogen-bond donors (Lipinski definition) is 0. The molecule has 0 atom stereocenters. The molecule has 0 bridgehead atoms. The van der Waals surface area contributed by atoms with Crippen molar-refractivity contribution in [2.24, 2.45) is 0 Å². The molecule has 6 heteroatoms. The summed E-state index contributed by atoms with van der Waals surface area (Å²) in [5, 5.41) is 6.34. The fraction of sp³-hybridized carbons (Fsp3) is 0.0526. The molecule has 0 aliphatic heterocycles. The van der Waals surface area contributed by atoms with E-state index in [-0.39, 0.29) is 0 Å². The second-order valence-electron chi connectivity index (χ2n) is 5.52. The maximum Gasteiger partial charge on any atom is 0.122 e. The van der Waals surface area contributed by atoms with Crippen LogP contribution in [0, 0.1) is 0 Å². The largest absolute Gasteiger partial charge is 0.246 e. The van der Waals surface area contributed by atoms with Crippen LogP contribution in [0.15, 0.2) is 76.5 Å². The Balaban J connectivity index is 1.64. The molecule has 2 aromatic carbocycles. The van der Waals surface area contributed by atoms with Gasteiger partial charge >= 0.3 is 0 Å². The van der Waals surface area contributed by atoms with E-state index in [4.69, 9.17) is 11.6 Å². The number of aromatic nitrogens is 3. The van der Waals surface area contributed by atoms with Crippen molar-refractivity contribution in [3.63, 3.8) is 0 Å². The average Bonchev–Trinajstić information content (AvgIpc) is 3.05. The Bertz CT molecular complexity index is 1030. The van der Waals surface area contributed by atoms with E-state index in [1.807, 2.05) is 47.1 Å². The fourth-order valence-electron chi connectivity index (χ4n) is 2.55. The first-order chi connectivity index (χ1) is 12.2. The normalized spacial score (nSPS) is 11.1. The molecular weight excluding hydrogens is 418 g/mol. The van der Waals surface area contributed by atoms with E-state index in [1.54, 1.807) is 18.0 Å². The van der Waals surface area contributed by atoms with Gasteiger partial charge in [0.15, 0.2) is 0 Å². The van der Waals surface area contributed by atoms with Crippen molar-refractivity contribution in [2.75, 3.05) is 0 Å². The van der Waals surface area contributed by atoms with Gasteiger partial charge in [-0.1, -0.05) is 63.6 Å². The van der Waals surface area contributed by atoms with Gasteiger partial charge in [-0.3, -0.25) is 0 Å². The summed E-state index contributed by atoms with van der Waals surface area (Å²) < 4.78 is 2.96. The zero-order valence-corrected chi connectivity index (χ0v) is 16.2. The lowest BCUT2D eigenvalue weighted by Crippen LogP contribution is -1.91. The molecule has 0 amide bonds. The Morgan fingerprint density at radius 3 is 2.72 bits per heavy atom. The molecule has 0 fully saturated rings. The van der Waals surface area contributed by atoms with Crippen molar-refractivity contribution in [2.45, 2.75) is 10.8 Å². The van der Waals surface area contributed by atoms with E-state index in [9.17, 15) is 0 Å². The summed E-state index contributed by atoms with van der Waals surface area (Å²) in [5.74, 6) is 0.855. The summed E-state index contributed by atoms with van der Waals surface area (Å²) in [6.07, 6.45) is 3.66. The van der Waals surface area contributed by atoms with Crippen LogP contribution in [-0.4, -0.2) is 14.6 Å². The van der Waals surface area contributed by atoms with Gasteiger partial charge in [0.25, 0.3) is 0 Å². The lowest BCUT2D eigenvalue weighted by Gasteiger charge is -2.03. The quantitative estimate of drug-likeness (QED) is 0.366. The minimum absolute atomic E-state index is 0.722. The Morgan fingerprint density at radius 2 is 1.92 bits per heavy atom. The molecule has 0 spiro atoms. The maximum atomic E-state index is 5.97. The van der Waals surface area contributed by atoms with Crippen LogP contribution in [0.3, 0.4) is 0 Å². The standard InChI is InChI=1S/C19H13BrClN3S/c20-15-3-1-2-13(10-15)12-25-19-18-11-17(23-24(18)9-8-22-19)14-4-6-16(21)7-5-14/h1-11H,12H2. The van der Waals surface area contributed by atoms with Crippen molar-refractivity contribution < 1.29 is 0 Å². The van der Waals surface area contributed by atoms with E-state index < -0.39 is 0 Å². The average molecular weight is 431 g/mol. The molecule has 124 valence electrons. The monoisotopic (exact) mass is 429 g/mol. The van der Waals surface area contributed by atoms with Gasteiger partial charge in [0.1, 0.15) is 5.03 Å². The number of benzene rings is 2. The zero-order valence-electron chi connectivity index (χ0n) is 13.1. The molecule has 4 rings (SSSR count). The van der Waals surface area contributed by atoms with E-state index >= 15 is 0 Å². The molecule has 0 saturated heterocycles. The molecule has 3 nitrogen and oxygen atoms in total. The first kappa shape index (κ1) is 16.6. The number of fused-ring (bicyclic) bond motifs is 1. The van der Waals surface area contributed by atoms with Crippen LogP contribution in [0.1, 0.15) is 5.56 Å². The molecule has 0 N–H and O–H groups in total. The second kappa shape index (κ2) is 7.20. The zero-order chi connectivity index (χ0) is 17.2. The van der Waals surface area contributed by atoms with Crippen molar-refractivity contribution in [3.8, 4) is 11.3 Å². The van der Waals surface area contributed by atoms with E-state index in [1.165, 1.54) is 5.56 Å². The molecular formula is C19H13BrClN3S. The second-order valence-corrected chi connectivity index (χ2v) is 7.83. The lowest BCUT2D eigenvalue weighted by atomic mass is 10.1. The van der Waals surface area contributed by atoms with Gasteiger partial charge in [-0.2, -0.15) is 5.10 Å². The van der Waals surface area contributed by atoms with Crippen molar-refractivity contribution >= 4 is 44.8 Å². The molecule has 2 heterocycles. The molecule has 4 aromatic rings.